The minimum atomic E-state index is -0.795. The molecule has 0 unspecified atom stereocenters. The molecule has 2 heterocycles. The number of hydrogen-bond acceptors (Lipinski definition) is 4. The van der Waals surface area contributed by atoms with Crippen molar-refractivity contribution in [2.45, 2.75) is 13.3 Å². The molecule has 1 fully saturated rings. The van der Waals surface area contributed by atoms with Crippen molar-refractivity contribution < 1.29 is 9.90 Å². The number of carboxylic acid groups (broad SMARTS) is 1. The van der Waals surface area contributed by atoms with Gasteiger partial charge in [-0.2, -0.15) is 0 Å². The summed E-state index contributed by atoms with van der Waals surface area (Å²) in [5.41, 5.74) is -0.194. The van der Waals surface area contributed by atoms with Crippen LogP contribution in [0.5, 0.6) is 0 Å². The molecule has 1 aliphatic heterocycles. The first-order chi connectivity index (χ1) is 7.60. The van der Waals surface area contributed by atoms with E-state index in [1.165, 1.54) is 6.07 Å². The zero-order valence-corrected chi connectivity index (χ0v) is 8.93. The maximum atomic E-state index is 11.3. The third kappa shape index (κ3) is 1.91. The number of aliphatic carboxylic acids is 1. The Labute approximate surface area is 91.9 Å². The molecule has 0 radical (unpaired) electrons. The molecule has 0 bridgehead atoms. The van der Waals surface area contributed by atoms with Gasteiger partial charge in [0.15, 0.2) is 0 Å². The van der Waals surface area contributed by atoms with Crippen molar-refractivity contribution in [1.82, 2.24) is 9.97 Å². The van der Waals surface area contributed by atoms with Gasteiger partial charge in [0.2, 0.25) is 0 Å². The van der Waals surface area contributed by atoms with Gasteiger partial charge in [0.05, 0.1) is 5.92 Å². The van der Waals surface area contributed by atoms with Crippen molar-refractivity contribution >= 4 is 11.8 Å². The van der Waals surface area contributed by atoms with Gasteiger partial charge in [0, 0.05) is 25.6 Å². The Morgan fingerprint density at radius 1 is 1.69 bits per heavy atom. The van der Waals surface area contributed by atoms with Gasteiger partial charge in [-0.3, -0.25) is 9.59 Å². The van der Waals surface area contributed by atoms with Gasteiger partial charge in [-0.25, -0.2) is 4.98 Å². The van der Waals surface area contributed by atoms with Crippen LogP contribution < -0.4 is 10.5 Å². The minimum Gasteiger partial charge on any atom is -0.481 e. The number of nitrogens with zero attached hydrogens (tertiary/aromatic N) is 2. The molecule has 0 aliphatic carbocycles. The first kappa shape index (κ1) is 10.7. The third-order valence-corrected chi connectivity index (χ3v) is 2.67. The van der Waals surface area contributed by atoms with E-state index < -0.39 is 5.97 Å². The molecule has 0 amide bonds. The first-order valence-corrected chi connectivity index (χ1v) is 5.18. The smallest absolute Gasteiger partial charge is 0.310 e. The normalized spacial score (nSPS) is 15.9. The van der Waals surface area contributed by atoms with Crippen LogP contribution in [0.2, 0.25) is 0 Å². The highest BCUT2D eigenvalue weighted by molar-refractivity contribution is 5.74. The standard InChI is InChI=1S/C10H13N3O3/c1-2-7-11-8(3-9(14)12-7)13-4-6(5-13)10(15)16/h3,6H,2,4-5H2,1H3,(H,15,16)(H,11,12,14). The Balaban J connectivity index is 2.14. The molecule has 1 aliphatic rings. The summed E-state index contributed by atoms with van der Waals surface area (Å²) in [5, 5.41) is 8.74. The predicted molar refractivity (Wildman–Crippen MR) is 57.6 cm³/mol. The van der Waals surface area contributed by atoms with E-state index in [1.807, 2.05) is 6.92 Å². The lowest BCUT2D eigenvalue weighted by Crippen LogP contribution is -2.51. The second-order valence-corrected chi connectivity index (χ2v) is 3.84. The minimum absolute atomic E-state index is 0.194. The molecule has 0 atom stereocenters. The van der Waals surface area contributed by atoms with E-state index in [4.69, 9.17) is 5.11 Å². The molecule has 0 saturated carbocycles. The maximum Gasteiger partial charge on any atom is 0.310 e. The van der Waals surface area contributed by atoms with Crippen LogP contribution in [0.15, 0.2) is 10.9 Å². The summed E-state index contributed by atoms with van der Waals surface area (Å²) in [6.45, 7) is 2.75. The van der Waals surface area contributed by atoms with Crippen molar-refractivity contribution in [2.75, 3.05) is 18.0 Å². The predicted octanol–water partition coefficient (Wildman–Crippen LogP) is -0.147. The van der Waals surface area contributed by atoms with Gasteiger partial charge in [-0.1, -0.05) is 6.92 Å². The fraction of sp³-hybridized carbons (Fsp3) is 0.500. The lowest BCUT2D eigenvalue weighted by Gasteiger charge is -2.37. The highest BCUT2D eigenvalue weighted by atomic mass is 16.4. The summed E-state index contributed by atoms with van der Waals surface area (Å²) in [5.74, 6) is 0.0577. The molecule has 6 heteroatoms. The largest absolute Gasteiger partial charge is 0.481 e. The van der Waals surface area contributed by atoms with Crippen molar-refractivity contribution in [1.29, 1.82) is 0 Å². The molecular formula is C10H13N3O3. The van der Waals surface area contributed by atoms with Gasteiger partial charge in [-0.05, 0) is 0 Å². The third-order valence-electron chi connectivity index (χ3n) is 2.67. The highest BCUT2D eigenvalue weighted by Crippen LogP contribution is 2.21. The van der Waals surface area contributed by atoms with Crippen LogP contribution in [0.25, 0.3) is 0 Å². The van der Waals surface area contributed by atoms with E-state index in [1.54, 1.807) is 4.90 Å². The molecule has 6 nitrogen and oxygen atoms in total. The van der Waals surface area contributed by atoms with Crippen molar-refractivity contribution in [3.8, 4) is 0 Å². The topological polar surface area (TPSA) is 86.3 Å². The highest BCUT2D eigenvalue weighted by Gasteiger charge is 2.33. The van der Waals surface area contributed by atoms with E-state index in [2.05, 4.69) is 9.97 Å². The van der Waals surface area contributed by atoms with Gasteiger partial charge in [0.25, 0.3) is 5.56 Å². The first-order valence-electron chi connectivity index (χ1n) is 5.18. The zero-order valence-electron chi connectivity index (χ0n) is 8.93. The maximum absolute atomic E-state index is 11.3. The number of carboxylic acids is 1. The average molecular weight is 223 g/mol. The van der Waals surface area contributed by atoms with Crippen molar-refractivity contribution in [3.63, 3.8) is 0 Å². The number of rotatable bonds is 3. The SMILES string of the molecule is CCc1nc(N2CC(C(=O)O)C2)cc(=O)[nH]1. The number of anilines is 1. The van der Waals surface area contributed by atoms with Crippen LogP contribution in [-0.4, -0.2) is 34.1 Å². The molecule has 1 saturated heterocycles. The summed E-state index contributed by atoms with van der Waals surface area (Å²) in [7, 11) is 0. The zero-order chi connectivity index (χ0) is 11.7. The summed E-state index contributed by atoms with van der Waals surface area (Å²) < 4.78 is 0. The fourth-order valence-electron chi connectivity index (χ4n) is 1.65. The van der Waals surface area contributed by atoms with Crippen LogP contribution in [0.3, 0.4) is 0 Å². The molecular weight excluding hydrogens is 210 g/mol. The van der Waals surface area contributed by atoms with Crippen LogP contribution in [0, 0.1) is 5.92 Å². The molecule has 2 rings (SSSR count). The summed E-state index contributed by atoms with van der Waals surface area (Å²) >= 11 is 0. The van der Waals surface area contributed by atoms with E-state index in [9.17, 15) is 9.59 Å². The summed E-state index contributed by atoms with van der Waals surface area (Å²) in [6.07, 6.45) is 0.652. The van der Waals surface area contributed by atoms with E-state index in [0.717, 1.165) is 0 Å². The molecule has 1 aromatic rings. The molecule has 1 aromatic heterocycles. The number of nitrogens with one attached hydrogen (secondary N) is 1. The lowest BCUT2D eigenvalue weighted by atomic mass is 10.0. The van der Waals surface area contributed by atoms with E-state index >= 15 is 0 Å². The molecule has 86 valence electrons. The summed E-state index contributed by atoms with van der Waals surface area (Å²) in [4.78, 5) is 30.6. The van der Waals surface area contributed by atoms with Crippen LogP contribution in [0.1, 0.15) is 12.7 Å². The van der Waals surface area contributed by atoms with Gasteiger partial charge >= 0.3 is 5.97 Å². The van der Waals surface area contributed by atoms with Crippen LogP contribution >= 0.6 is 0 Å². The van der Waals surface area contributed by atoms with Crippen molar-refractivity contribution in [2.24, 2.45) is 5.92 Å². The Morgan fingerprint density at radius 3 is 2.94 bits per heavy atom. The fourth-order valence-corrected chi connectivity index (χ4v) is 1.65. The van der Waals surface area contributed by atoms with Crippen LogP contribution in [0.4, 0.5) is 5.82 Å². The Kier molecular flexibility index (Phi) is 2.64. The quantitative estimate of drug-likeness (QED) is 0.744. The number of aromatic nitrogens is 2. The molecule has 2 N–H and O–H groups in total. The van der Waals surface area contributed by atoms with E-state index in [0.29, 0.717) is 31.2 Å². The second kappa shape index (κ2) is 3.96. The number of aryl methyl sites for hydroxylation is 1. The Hall–Kier alpha value is -1.85. The van der Waals surface area contributed by atoms with Gasteiger partial charge in [0.1, 0.15) is 11.6 Å². The second-order valence-electron chi connectivity index (χ2n) is 3.84. The Bertz CT molecular complexity index is 463. The Morgan fingerprint density at radius 2 is 2.38 bits per heavy atom. The number of H-pyrrole nitrogens is 1. The van der Waals surface area contributed by atoms with Gasteiger partial charge < -0.3 is 15.0 Å². The molecule has 16 heavy (non-hydrogen) atoms. The average Bonchev–Trinajstić information content (AvgIpc) is 2.13. The van der Waals surface area contributed by atoms with Crippen LogP contribution in [-0.2, 0) is 11.2 Å². The lowest BCUT2D eigenvalue weighted by molar-refractivity contribution is -0.142. The number of aromatic amines is 1. The number of carbonyl (C=O) groups is 1. The monoisotopic (exact) mass is 223 g/mol. The van der Waals surface area contributed by atoms with Gasteiger partial charge in [-0.15, -0.1) is 0 Å². The summed E-state index contributed by atoms with van der Waals surface area (Å²) in [6, 6.07) is 1.40. The van der Waals surface area contributed by atoms with E-state index in [-0.39, 0.29) is 11.5 Å². The van der Waals surface area contributed by atoms with Crippen molar-refractivity contribution in [3.05, 3.63) is 22.2 Å². The number of hydrogen-bond donors (Lipinski definition) is 2. The molecule has 0 spiro atoms. The molecule has 0 aromatic carbocycles.